The van der Waals surface area contributed by atoms with Crippen molar-refractivity contribution in [1.82, 2.24) is 9.97 Å². The average molecular weight is 411 g/mol. The van der Waals surface area contributed by atoms with Crippen LogP contribution in [0.1, 0.15) is 5.69 Å². The molecule has 0 saturated carbocycles. The van der Waals surface area contributed by atoms with E-state index in [1.54, 1.807) is 17.4 Å². The predicted octanol–water partition coefficient (Wildman–Crippen LogP) is 4.45. The lowest BCUT2D eigenvalue weighted by Crippen LogP contribution is -2.46. The molecular formula is C25H21N3O3. The van der Waals surface area contributed by atoms with Crippen molar-refractivity contribution in [2.75, 3.05) is 11.5 Å². The Morgan fingerprint density at radius 2 is 1.74 bits per heavy atom. The fraction of sp³-hybridized carbons (Fsp3) is 0.120. The maximum atomic E-state index is 13.6. The lowest BCUT2D eigenvalue weighted by atomic mass is 10.0. The number of amides is 1. The van der Waals surface area contributed by atoms with Crippen molar-refractivity contribution in [2.24, 2.45) is 0 Å². The highest BCUT2D eigenvalue weighted by molar-refractivity contribution is 5.97. The van der Waals surface area contributed by atoms with Crippen molar-refractivity contribution < 1.29 is 14.3 Å². The van der Waals surface area contributed by atoms with Gasteiger partial charge in [-0.2, -0.15) is 0 Å². The second-order valence-corrected chi connectivity index (χ2v) is 7.28. The third kappa shape index (κ3) is 4.00. The third-order valence-electron chi connectivity index (χ3n) is 5.20. The molecule has 0 saturated heterocycles. The molecule has 6 heteroatoms. The van der Waals surface area contributed by atoms with Gasteiger partial charge in [0.15, 0.2) is 11.5 Å². The van der Waals surface area contributed by atoms with Gasteiger partial charge >= 0.3 is 0 Å². The Morgan fingerprint density at radius 1 is 0.968 bits per heavy atom. The van der Waals surface area contributed by atoms with E-state index >= 15 is 0 Å². The fourth-order valence-corrected chi connectivity index (χ4v) is 3.64. The summed E-state index contributed by atoms with van der Waals surface area (Å²) in [6.07, 6.45) is 2.59. The Morgan fingerprint density at radius 3 is 2.55 bits per heavy atom. The summed E-state index contributed by atoms with van der Waals surface area (Å²) in [4.78, 5) is 22.4. The van der Waals surface area contributed by atoms with Crippen molar-refractivity contribution in [1.29, 1.82) is 0 Å². The summed E-state index contributed by atoms with van der Waals surface area (Å²) in [5, 5.41) is 0. The summed E-state index contributed by atoms with van der Waals surface area (Å²) in [6, 6.07) is 25.4. The van der Waals surface area contributed by atoms with Crippen LogP contribution in [0.3, 0.4) is 0 Å². The molecule has 1 aliphatic heterocycles. The molecule has 6 nitrogen and oxygen atoms in total. The Kier molecular flexibility index (Phi) is 5.10. The van der Waals surface area contributed by atoms with Gasteiger partial charge in [-0.15, -0.1) is 0 Å². The van der Waals surface area contributed by atoms with Crippen LogP contribution in [0, 0.1) is 0 Å². The Hall–Kier alpha value is -4.06. The minimum Gasteiger partial charge on any atom is -0.485 e. The average Bonchev–Trinajstić information content (AvgIpc) is 3.36. The van der Waals surface area contributed by atoms with Crippen LogP contribution in [0.25, 0.3) is 11.1 Å². The second-order valence-electron chi connectivity index (χ2n) is 7.28. The monoisotopic (exact) mass is 411 g/mol. The highest BCUT2D eigenvalue weighted by atomic mass is 16.6. The van der Waals surface area contributed by atoms with E-state index in [4.69, 9.17) is 9.47 Å². The van der Waals surface area contributed by atoms with Crippen LogP contribution in [0.5, 0.6) is 11.5 Å². The molecule has 0 radical (unpaired) electrons. The normalized spacial score (nSPS) is 14.8. The molecule has 1 aromatic heterocycles. The van der Waals surface area contributed by atoms with Crippen molar-refractivity contribution in [2.45, 2.75) is 12.6 Å². The summed E-state index contributed by atoms with van der Waals surface area (Å²) in [5.74, 6) is 1.05. The van der Waals surface area contributed by atoms with Crippen LogP contribution in [-0.2, 0) is 11.3 Å². The van der Waals surface area contributed by atoms with Crippen LogP contribution < -0.4 is 14.4 Å². The van der Waals surface area contributed by atoms with Crippen molar-refractivity contribution in [3.05, 3.63) is 97.1 Å². The van der Waals surface area contributed by atoms with Crippen LogP contribution in [0.15, 0.2) is 91.4 Å². The van der Waals surface area contributed by atoms with E-state index in [1.165, 1.54) is 0 Å². The van der Waals surface area contributed by atoms with E-state index in [2.05, 4.69) is 22.1 Å². The van der Waals surface area contributed by atoms with E-state index in [0.717, 1.165) is 22.5 Å². The van der Waals surface area contributed by atoms with Crippen molar-refractivity contribution in [3.63, 3.8) is 0 Å². The molecular weight excluding hydrogens is 390 g/mol. The van der Waals surface area contributed by atoms with Crippen LogP contribution >= 0.6 is 0 Å². The zero-order valence-electron chi connectivity index (χ0n) is 16.8. The maximum absolute atomic E-state index is 13.6. The van der Waals surface area contributed by atoms with Gasteiger partial charge in [0.25, 0.3) is 5.91 Å². The van der Waals surface area contributed by atoms with Gasteiger partial charge < -0.3 is 19.4 Å². The number of aromatic nitrogens is 2. The standard InChI is InChI=1S/C25H21N3O3/c29-25(24-16-30-22-11-4-5-12-23(22)31-24)28(15-20-14-26-17-27-20)21-10-6-9-19(13-21)18-7-2-1-3-8-18/h1-14,17,24H,15-16H2,(H,26,27)/t24-/m1/s1. The van der Waals surface area contributed by atoms with Crippen molar-refractivity contribution in [3.8, 4) is 22.6 Å². The number of hydrogen-bond donors (Lipinski definition) is 1. The van der Waals surface area contributed by atoms with Crippen LogP contribution in [0.2, 0.25) is 0 Å². The van der Waals surface area contributed by atoms with Crippen molar-refractivity contribution >= 4 is 11.6 Å². The topological polar surface area (TPSA) is 67.5 Å². The van der Waals surface area contributed by atoms with Gasteiger partial charge in [0.05, 0.1) is 18.6 Å². The predicted molar refractivity (Wildman–Crippen MR) is 118 cm³/mol. The first-order valence-corrected chi connectivity index (χ1v) is 10.1. The first kappa shape index (κ1) is 18.9. The summed E-state index contributed by atoms with van der Waals surface area (Å²) >= 11 is 0. The first-order valence-electron chi connectivity index (χ1n) is 10.1. The maximum Gasteiger partial charge on any atom is 0.272 e. The van der Waals surface area contributed by atoms with Crippen LogP contribution in [-0.4, -0.2) is 28.6 Å². The number of fused-ring (bicyclic) bond motifs is 1. The number of imidazole rings is 1. The lowest BCUT2D eigenvalue weighted by Gasteiger charge is -2.30. The van der Waals surface area contributed by atoms with Gasteiger partial charge in [0.2, 0.25) is 6.10 Å². The number of carbonyl (C=O) groups is 1. The Bertz CT molecular complexity index is 1180. The zero-order chi connectivity index (χ0) is 21.0. The number of hydrogen-bond acceptors (Lipinski definition) is 4. The molecule has 0 bridgehead atoms. The summed E-state index contributed by atoms with van der Waals surface area (Å²) in [7, 11) is 0. The summed E-state index contributed by atoms with van der Waals surface area (Å²) in [6.45, 7) is 0.506. The lowest BCUT2D eigenvalue weighted by molar-refractivity contribution is -0.127. The number of aromatic amines is 1. The molecule has 0 fully saturated rings. The third-order valence-corrected chi connectivity index (χ3v) is 5.20. The number of ether oxygens (including phenoxy) is 2. The second kappa shape index (κ2) is 8.36. The van der Waals surface area contributed by atoms with Crippen LogP contribution in [0.4, 0.5) is 5.69 Å². The molecule has 31 heavy (non-hydrogen) atoms. The highest BCUT2D eigenvalue weighted by Gasteiger charge is 2.32. The van der Waals surface area contributed by atoms with E-state index in [1.807, 2.05) is 66.7 Å². The number of H-pyrrole nitrogens is 1. The summed E-state index contributed by atoms with van der Waals surface area (Å²) < 4.78 is 11.8. The number of carbonyl (C=O) groups excluding carboxylic acids is 1. The Balaban J connectivity index is 1.47. The van der Waals surface area contributed by atoms with Gasteiger partial charge in [-0.25, -0.2) is 4.98 Å². The highest BCUT2D eigenvalue weighted by Crippen LogP contribution is 2.32. The molecule has 5 rings (SSSR count). The molecule has 4 aromatic rings. The molecule has 0 spiro atoms. The molecule has 1 amide bonds. The van der Waals surface area contributed by atoms with Gasteiger partial charge in [0.1, 0.15) is 6.61 Å². The summed E-state index contributed by atoms with van der Waals surface area (Å²) in [5.41, 5.74) is 3.73. The SMILES string of the molecule is O=C([C@H]1COc2ccccc2O1)N(Cc1cnc[nH]1)c1cccc(-c2ccccc2)c1. The van der Waals surface area contributed by atoms with Gasteiger partial charge in [-0.05, 0) is 35.4 Å². The quantitative estimate of drug-likeness (QED) is 0.527. The molecule has 0 aliphatic carbocycles. The number of anilines is 1. The number of para-hydroxylation sites is 2. The number of rotatable bonds is 5. The number of nitrogens with one attached hydrogen (secondary N) is 1. The molecule has 2 heterocycles. The fourth-order valence-electron chi connectivity index (χ4n) is 3.64. The van der Waals surface area contributed by atoms with Gasteiger partial charge in [0, 0.05) is 11.9 Å². The molecule has 1 aliphatic rings. The molecule has 3 aromatic carbocycles. The molecule has 1 N–H and O–H groups in total. The Labute approximate surface area is 180 Å². The van der Waals surface area contributed by atoms with E-state index in [9.17, 15) is 4.79 Å². The largest absolute Gasteiger partial charge is 0.485 e. The van der Waals surface area contributed by atoms with E-state index in [-0.39, 0.29) is 12.5 Å². The molecule has 0 unspecified atom stereocenters. The van der Waals surface area contributed by atoms with E-state index < -0.39 is 6.10 Å². The smallest absolute Gasteiger partial charge is 0.272 e. The van der Waals surface area contributed by atoms with Gasteiger partial charge in [-0.3, -0.25) is 4.79 Å². The van der Waals surface area contributed by atoms with Gasteiger partial charge in [-0.1, -0.05) is 54.6 Å². The molecule has 1 atom stereocenters. The van der Waals surface area contributed by atoms with E-state index in [0.29, 0.717) is 18.0 Å². The minimum absolute atomic E-state index is 0.160. The first-order chi connectivity index (χ1) is 15.3. The minimum atomic E-state index is -0.738. The number of benzene rings is 3. The molecule has 154 valence electrons. The number of nitrogens with zero attached hydrogens (tertiary/aromatic N) is 2. The zero-order valence-corrected chi connectivity index (χ0v) is 16.8.